The Labute approximate surface area is 187 Å². The number of hydrogen-bond acceptors (Lipinski definition) is 7. The topological polar surface area (TPSA) is 113 Å². The van der Waals surface area contributed by atoms with Crippen molar-refractivity contribution in [2.24, 2.45) is 5.92 Å². The molecule has 172 valence electrons. The highest BCUT2D eigenvalue weighted by molar-refractivity contribution is 5.92. The van der Waals surface area contributed by atoms with E-state index in [1.54, 1.807) is 24.1 Å². The molecular formula is C22H30N6O4. The van der Waals surface area contributed by atoms with Gasteiger partial charge in [-0.2, -0.15) is 0 Å². The van der Waals surface area contributed by atoms with Gasteiger partial charge in [-0.25, -0.2) is 9.78 Å². The van der Waals surface area contributed by atoms with Gasteiger partial charge < -0.3 is 29.7 Å². The summed E-state index contributed by atoms with van der Waals surface area (Å²) in [6.45, 7) is 8.49. The van der Waals surface area contributed by atoms with Crippen molar-refractivity contribution >= 4 is 29.3 Å². The van der Waals surface area contributed by atoms with Gasteiger partial charge in [0.1, 0.15) is 11.6 Å². The zero-order valence-corrected chi connectivity index (χ0v) is 18.7. The fourth-order valence-electron chi connectivity index (χ4n) is 4.21. The summed E-state index contributed by atoms with van der Waals surface area (Å²) in [6.07, 6.45) is 3.19. The zero-order valence-electron chi connectivity index (χ0n) is 18.7. The van der Waals surface area contributed by atoms with Crippen LogP contribution in [-0.2, 0) is 9.53 Å². The van der Waals surface area contributed by atoms with Crippen molar-refractivity contribution in [3.05, 3.63) is 30.2 Å². The van der Waals surface area contributed by atoms with Crippen LogP contribution in [0.4, 0.5) is 22.1 Å². The summed E-state index contributed by atoms with van der Waals surface area (Å²) in [5, 5.41) is 9.46. The Morgan fingerprint density at radius 2 is 1.81 bits per heavy atom. The van der Waals surface area contributed by atoms with Crippen LogP contribution in [-0.4, -0.2) is 65.4 Å². The molecule has 0 spiro atoms. The Bertz CT molecular complexity index is 928. The molecule has 0 radical (unpaired) electrons. The molecule has 2 atom stereocenters. The van der Waals surface area contributed by atoms with Crippen LogP contribution >= 0.6 is 0 Å². The number of carbonyl (C=O) groups is 2. The number of aromatic nitrogens is 2. The number of hydrogen-bond donors (Lipinski definition) is 2. The van der Waals surface area contributed by atoms with Gasteiger partial charge in [0.05, 0.1) is 24.1 Å². The Kier molecular flexibility index (Phi) is 6.59. The first-order chi connectivity index (χ1) is 15.4. The lowest BCUT2D eigenvalue weighted by atomic mass is 9.96. The van der Waals surface area contributed by atoms with Gasteiger partial charge >= 0.3 is 6.03 Å². The molecule has 2 aliphatic heterocycles. The molecule has 2 aromatic rings. The van der Waals surface area contributed by atoms with Gasteiger partial charge in [-0.15, -0.1) is 0 Å². The molecule has 0 saturated carbocycles. The Hall–Kier alpha value is -3.14. The maximum Gasteiger partial charge on any atom is 0.321 e. The molecular weight excluding hydrogens is 412 g/mol. The zero-order chi connectivity index (χ0) is 22.7. The monoisotopic (exact) mass is 442 g/mol. The summed E-state index contributed by atoms with van der Waals surface area (Å²) in [5.74, 6) is 1.69. The number of pyridine rings is 1. The molecule has 4 rings (SSSR count). The number of carbonyl (C=O) groups excluding carboxylic acids is 2. The molecule has 0 aromatic carbocycles. The number of nitrogens with zero attached hydrogens (tertiary/aromatic N) is 4. The van der Waals surface area contributed by atoms with Gasteiger partial charge in [0.2, 0.25) is 5.91 Å². The minimum atomic E-state index is -0.181. The predicted octanol–water partition coefficient (Wildman–Crippen LogP) is 2.87. The van der Waals surface area contributed by atoms with E-state index in [0.29, 0.717) is 43.2 Å². The quantitative estimate of drug-likeness (QED) is 0.749. The van der Waals surface area contributed by atoms with Crippen LogP contribution in [0.3, 0.4) is 0 Å². The Balaban J connectivity index is 1.25. The average molecular weight is 443 g/mol. The van der Waals surface area contributed by atoms with Crippen molar-refractivity contribution in [2.45, 2.75) is 45.8 Å². The highest BCUT2D eigenvalue weighted by Crippen LogP contribution is 2.22. The molecule has 2 fully saturated rings. The Morgan fingerprint density at radius 3 is 2.41 bits per heavy atom. The van der Waals surface area contributed by atoms with E-state index in [4.69, 9.17) is 9.26 Å². The number of morpholine rings is 1. The van der Waals surface area contributed by atoms with Gasteiger partial charge in [0.15, 0.2) is 5.82 Å². The van der Waals surface area contributed by atoms with Gasteiger partial charge in [-0.1, -0.05) is 5.16 Å². The second-order valence-corrected chi connectivity index (χ2v) is 8.57. The first-order valence-corrected chi connectivity index (χ1v) is 11.0. The highest BCUT2D eigenvalue weighted by Gasteiger charge is 2.28. The summed E-state index contributed by atoms with van der Waals surface area (Å²) in [7, 11) is 0. The molecule has 10 nitrogen and oxygen atoms in total. The van der Waals surface area contributed by atoms with Crippen molar-refractivity contribution in [3.63, 3.8) is 0 Å². The van der Waals surface area contributed by atoms with E-state index in [0.717, 1.165) is 18.9 Å². The first kappa shape index (κ1) is 22.1. The molecule has 3 amide bonds. The Morgan fingerprint density at radius 1 is 1.09 bits per heavy atom. The van der Waals surface area contributed by atoms with Crippen LogP contribution in [0.1, 0.15) is 32.4 Å². The fourth-order valence-corrected chi connectivity index (χ4v) is 4.21. The molecule has 2 N–H and O–H groups in total. The summed E-state index contributed by atoms with van der Waals surface area (Å²) in [5.41, 5.74) is 0.648. The fraction of sp³-hybridized carbons (Fsp3) is 0.545. The van der Waals surface area contributed by atoms with E-state index in [1.165, 1.54) is 0 Å². The van der Waals surface area contributed by atoms with Crippen molar-refractivity contribution in [1.82, 2.24) is 15.0 Å². The molecule has 32 heavy (non-hydrogen) atoms. The van der Waals surface area contributed by atoms with Crippen molar-refractivity contribution in [1.29, 1.82) is 0 Å². The third-order valence-electron chi connectivity index (χ3n) is 5.77. The number of ether oxygens (including phenoxy) is 1. The summed E-state index contributed by atoms with van der Waals surface area (Å²) in [6, 6.07) is 5.28. The number of piperidine rings is 1. The van der Waals surface area contributed by atoms with Crippen LogP contribution in [0.25, 0.3) is 0 Å². The highest BCUT2D eigenvalue weighted by atomic mass is 16.5. The minimum Gasteiger partial charge on any atom is -0.372 e. The first-order valence-electron chi connectivity index (χ1n) is 11.0. The molecule has 10 heteroatoms. The van der Waals surface area contributed by atoms with Crippen molar-refractivity contribution in [2.75, 3.05) is 41.7 Å². The number of aryl methyl sites for hydroxylation is 1. The molecule has 2 aromatic heterocycles. The number of urea groups is 1. The van der Waals surface area contributed by atoms with E-state index < -0.39 is 0 Å². The van der Waals surface area contributed by atoms with E-state index in [-0.39, 0.29) is 30.1 Å². The lowest BCUT2D eigenvalue weighted by Crippen LogP contribution is -2.45. The third kappa shape index (κ3) is 5.37. The lowest BCUT2D eigenvalue weighted by molar-refractivity contribution is -0.121. The number of anilines is 3. The smallest absolute Gasteiger partial charge is 0.321 e. The van der Waals surface area contributed by atoms with Crippen LogP contribution in [0.5, 0.6) is 0 Å². The summed E-state index contributed by atoms with van der Waals surface area (Å²) < 4.78 is 10.7. The van der Waals surface area contributed by atoms with E-state index >= 15 is 0 Å². The van der Waals surface area contributed by atoms with Gasteiger partial charge in [0, 0.05) is 38.2 Å². The average Bonchev–Trinajstić information content (AvgIpc) is 3.18. The van der Waals surface area contributed by atoms with Crippen LogP contribution in [0.2, 0.25) is 0 Å². The molecule has 0 aliphatic carbocycles. The van der Waals surface area contributed by atoms with Crippen LogP contribution in [0, 0.1) is 12.8 Å². The second-order valence-electron chi connectivity index (χ2n) is 8.57. The van der Waals surface area contributed by atoms with Crippen LogP contribution < -0.4 is 15.5 Å². The predicted molar refractivity (Wildman–Crippen MR) is 120 cm³/mol. The van der Waals surface area contributed by atoms with E-state index in [1.807, 2.05) is 12.1 Å². The van der Waals surface area contributed by atoms with Gasteiger partial charge in [-0.05, 0) is 45.7 Å². The molecule has 2 unspecified atom stereocenters. The number of likely N-dealkylation sites (tertiary alicyclic amines) is 1. The maximum absolute atomic E-state index is 12.6. The summed E-state index contributed by atoms with van der Waals surface area (Å²) in [4.78, 5) is 33.5. The third-order valence-corrected chi connectivity index (χ3v) is 5.77. The number of rotatable bonds is 4. The van der Waals surface area contributed by atoms with Gasteiger partial charge in [-0.3, -0.25) is 4.79 Å². The standard InChI is InChI=1S/C22H30N6O4/c1-14-10-19(26-32-14)25-21(29)17-6-8-27(9-7-17)22(30)24-18-4-5-20(23-11-18)28-12-15(2)31-16(3)13-28/h4-5,10-11,15-17H,6-9,12-13H2,1-3H3,(H,24,30)(H,25,26,29). The largest absolute Gasteiger partial charge is 0.372 e. The molecule has 0 bridgehead atoms. The lowest BCUT2D eigenvalue weighted by Gasteiger charge is -2.36. The molecule has 2 saturated heterocycles. The molecule has 4 heterocycles. The normalized spacial score (nSPS) is 22.0. The van der Waals surface area contributed by atoms with Gasteiger partial charge in [0.25, 0.3) is 0 Å². The molecule has 2 aliphatic rings. The van der Waals surface area contributed by atoms with Crippen LogP contribution in [0.15, 0.2) is 28.9 Å². The second kappa shape index (κ2) is 9.56. The minimum absolute atomic E-state index is 0.0927. The number of amides is 3. The van der Waals surface area contributed by atoms with Crippen molar-refractivity contribution < 1.29 is 18.8 Å². The van der Waals surface area contributed by atoms with E-state index in [2.05, 4.69) is 39.5 Å². The maximum atomic E-state index is 12.6. The van der Waals surface area contributed by atoms with Crippen molar-refractivity contribution in [3.8, 4) is 0 Å². The SMILES string of the molecule is Cc1cc(NC(=O)C2CCN(C(=O)Nc3ccc(N4CC(C)OC(C)C4)nc3)CC2)no1. The van der Waals surface area contributed by atoms with E-state index in [9.17, 15) is 9.59 Å². The summed E-state index contributed by atoms with van der Waals surface area (Å²) >= 11 is 0. The number of nitrogens with one attached hydrogen (secondary N) is 2.